The van der Waals surface area contributed by atoms with Gasteiger partial charge in [-0.3, -0.25) is 0 Å². The van der Waals surface area contributed by atoms with Crippen LogP contribution in [0.5, 0.6) is 0 Å². The Morgan fingerprint density at radius 1 is 1.50 bits per heavy atom. The predicted molar refractivity (Wildman–Crippen MR) is 37.7 cm³/mol. The van der Waals surface area contributed by atoms with Gasteiger partial charge in [0, 0.05) is 6.04 Å². The van der Waals surface area contributed by atoms with Gasteiger partial charge in [-0.1, -0.05) is 20.3 Å². The molecule has 0 amide bonds. The van der Waals surface area contributed by atoms with Crippen molar-refractivity contribution in [3.63, 3.8) is 0 Å². The van der Waals surface area contributed by atoms with E-state index >= 15 is 0 Å². The van der Waals surface area contributed by atoms with E-state index in [1.165, 1.54) is 12.8 Å². The molecule has 0 aliphatic heterocycles. The molecule has 0 saturated carbocycles. The van der Waals surface area contributed by atoms with Crippen LogP contribution in [0.2, 0.25) is 0 Å². The molecule has 1 nitrogen and oxygen atoms in total. The summed E-state index contributed by atoms with van der Waals surface area (Å²) >= 11 is 0. The molecule has 8 heavy (non-hydrogen) atoms. The quantitative estimate of drug-likeness (QED) is 0.585. The molecular formula is C7H16N. The van der Waals surface area contributed by atoms with Crippen molar-refractivity contribution in [2.45, 2.75) is 32.7 Å². The maximum absolute atomic E-state index is 3.91. The van der Waals surface area contributed by atoms with E-state index in [4.69, 9.17) is 0 Å². The van der Waals surface area contributed by atoms with Crippen molar-refractivity contribution in [3.05, 3.63) is 6.92 Å². The largest absolute Gasteiger partial charge is 0.314 e. The Bertz CT molecular complexity index is 37.7. The molecule has 0 rings (SSSR count). The molecule has 0 aliphatic carbocycles. The van der Waals surface area contributed by atoms with E-state index < -0.39 is 0 Å². The van der Waals surface area contributed by atoms with Crippen molar-refractivity contribution < 1.29 is 0 Å². The molecular weight excluding hydrogens is 98.1 g/mol. The van der Waals surface area contributed by atoms with Crippen LogP contribution in [0.1, 0.15) is 26.7 Å². The Morgan fingerprint density at radius 3 is 2.50 bits per heavy atom. The number of hydrogen-bond acceptors (Lipinski definition) is 1. The number of rotatable bonds is 4. The summed E-state index contributed by atoms with van der Waals surface area (Å²) in [6, 6.07) is 0.463. The SMILES string of the molecule is [CH2]C(CCC)NCC. The second-order valence-electron chi connectivity index (χ2n) is 2.04. The summed E-state index contributed by atoms with van der Waals surface area (Å²) in [5.74, 6) is 0. The number of hydrogen-bond donors (Lipinski definition) is 1. The molecule has 0 bridgehead atoms. The third kappa shape index (κ3) is 4.13. The van der Waals surface area contributed by atoms with Gasteiger partial charge in [0.2, 0.25) is 0 Å². The molecule has 0 fully saturated rings. The highest BCUT2D eigenvalue weighted by Crippen LogP contribution is 1.92. The summed E-state index contributed by atoms with van der Waals surface area (Å²) in [5, 5.41) is 3.24. The first-order valence-corrected chi connectivity index (χ1v) is 3.37. The standard InChI is InChI=1S/C7H16N/c1-4-6-7(3)8-5-2/h7-8H,3-6H2,1-2H3. The minimum atomic E-state index is 0.463. The molecule has 1 unspecified atom stereocenters. The molecule has 0 heterocycles. The fourth-order valence-corrected chi connectivity index (χ4v) is 0.739. The van der Waals surface area contributed by atoms with Crippen molar-refractivity contribution in [2.24, 2.45) is 0 Å². The topological polar surface area (TPSA) is 12.0 Å². The molecule has 0 aromatic heterocycles. The van der Waals surface area contributed by atoms with Crippen LogP contribution in [0, 0.1) is 6.92 Å². The Balaban J connectivity index is 2.92. The highest BCUT2D eigenvalue weighted by molar-refractivity contribution is 4.65. The maximum Gasteiger partial charge on any atom is 0.00674 e. The Labute approximate surface area is 52.5 Å². The minimum absolute atomic E-state index is 0.463. The lowest BCUT2D eigenvalue weighted by Gasteiger charge is -2.08. The van der Waals surface area contributed by atoms with Crippen LogP contribution < -0.4 is 5.32 Å². The van der Waals surface area contributed by atoms with E-state index in [2.05, 4.69) is 26.1 Å². The van der Waals surface area contributed by atoms with Crippen LogP contribution in [0.25, 0.3) is 0 Å². The van der Waals surface area contributed by atoms with Gasteiger partial charge in [0.15, 0.2) is 0 Å². The third-order valence-electron chi connectivity index (χ3n) is 1.13. The molecule has 0 saturated heterocycles. The average molecular weight is 114 g/mol. The highest BCUT2D eigenvalue weighted by Gasteiger charge is 1.94. The second kappa shape index (κ2) is 5.10. The van der Waals surface area contributed by atoms with Crippen LogP contribution in [-0.2, 0) is 0 Å². The summed E-state index contributed by atoms with van der Waals surface area (Å²) < 4.78 is 0. The zero-order valence-corrected chi connectivity index (χ0v) is 5.91. The molecule has 1 N–H and O–H groups in total. The van der Waals surface area contributed by atoms with Crippen molar-refractivity contribution in [2.75, 3.05) is 6.54 Å². The van der Waals surface area contributed by atoms with E-state index in [9.17, 15) is 0 Å². The normalized spacial score (nSPS) is 13.9. The molecule has 0 aromatic carbocycles. The molecule has 49 valence electrons. The van der Waals surface area contributed by atoms with E-state index in [1.54, 1.807) is 0 Å². The molecule has 0 spiro atoms. The Hall–Kier alpha value is -0.0400. The zero-order chi connectivity index (χ0) is 6.41. The van der Waals surface area contributed by atoms with Crippen molar-refractivity contribution in [1.82, 2.24) is 5.32 Å². The van der Waals surface area contributed by atoms with Gasteiger partial charge in [-0.25, -0.2) is 0 Å². The van der Waals surface area contributed by atoms with Crippen LogP contribution >= 0.6 is 0 Å². The summed E-state index contributed by atoms with van der Waals surface area (Å²) in [6.45, 7) is 9.22. The maximum atomic E-state index is 3.91. The van der Waals surface area contributed by atoms with Gasteiger partial charge in [-0.05, 0) is 19.9 Å². The third-order valence-corrected chi connectivity index (χ3v) is 1.13. The van der Waals surface area contributed by atoms with Crippen molar-refractivity contribution in [1.29, 1.82) is 0 Å². The molecule has 0 aliphatic rings. The van der Waals surface area contributed by atoms with Gasteiger partial charge < -0.3 is 5.32 Å². The van der Waals surface area contributed by atoms with Gasteiger partial charge in [0.25, 0.3) is 0 Å². The van der Waals surface area contributed by atoms with E-state index in [1.807, 2.05) is 0 Å². The zero-order valence-electron chi connectivity index (χ0n) is 5.91. The second-order valence-corrected chi connectivity index (χ2v) is 2.04. The fraction of sp³-hybridized carbons (Fsp3) is 0.857. The van der Waals surface area contributed by atoms with Crippen LogP contribution in [0.15, 0.2) is 0 Å². The molecule has 0 aromatic rings. The van der Waals surface area contributed by atoms with Crippen molar-refractivity contribution >= 4 is 0 Å². The van der Waals surface area contributed by atoms with E-state index in [0.29, 0.717) is 6.04 Å². The van der Waals surface area contributed by atoms with Crippen LogP contribution in [0.3, 0.4) is 0 Å². The summed E-state index contributed by atoms with van der Waals surface area (Å²) in [4.78, 5) is 0. The molecule has 1 atom stereocenters. The van der Waals surface area contributed by atoms with Crippen molar-refractivity contribution in [3.8, 4) is 0 Å². The van der Waals surface area contributed by atoms with Gasteiger partial charge in [-0.2, -0.15) is 0 Å². The van der Waals surface area contributed by atoms with E-state index in [0.717, 1.165) is 6.54 Å². The first-order valence-electron chi connectivity index (χ1n) is 3.37. The summed E-state index contributed by atoms with van der Waals surface area (Å²) in [7, 11) is 0. The van der Waals surface area contributed by atoms with Gasteiger partial charge >= 0.3 is 0 Å². The lowest BCUT2D eigenvalue weighted by atomic mass is 10.2. The van der Waals surface area contributed by atoms with Crippen LogP contribution in [-0.4, -0.2) is 12.6 Å². The molecule has 1 heteroatoms. The monoisotopic (exact) mass is 114 g/mol. The highest BCUT2D eigenvalue weighted by atomic mass is 14.9. The average Bonchev–Trinajstić information content (AvgIpc) is 1.68. The minimum Gasteiger partial charge on any atom is -0.314 e. The Kier molecular flexibility index (Phi) is 5.08. The van der Waals surface area contributed by atoms with Gasteiger partial charge in [-0.15, -0.1) is 0 Å². The van der Waals surface area contributed by atoms with E-state index in [-0.39, 0.29) is 0 Å². The lowest BCUT2D eigenvalue weighted by Crippen LogP contribution is -2.25. The molecule has 1 radical (unpaired) electrons. The first kappa shape index (κ1) is 7.96. The lowest BCUT2D eigenvalue weighted by molar-refractivity contribution is 0.564. The van der Waals surface area contributed by atoms with Crippen LogP contribution in [0.4, 0.5) is 0 Å². The van der Waals surface area contributed by atoms with Gasteiger partial charge in [0.1, 0.15) is 0 Å². The summed E-state index contributed by atoms with van der Waals surface area (Å²) in [6.07, 6.45) is 2.41. The predicted octanol–water partition coefficient (Wildman–Crippen LogP) is 1.60. The number of nitrogens with one attached hydrogen (secondary N) is 1. The summed E-state index contributed by atoms with van der Waals surface area (Å²) in [5.41, 5.74) is 0. The fourth-order valence-electron chi connectivity index (χ4n) is 0.739. The Morgan fingerprint density at radius 2 is 2.12 bits per heavy atom. The first-order chi connectivity index (χ1) is 3.81. The smallest absolute Gasteiger partial charge is 0.00674 e. The van der Waals surface area contributed by atoms with Gasteiger partial charge in [0.05, 0.1) is 0 Å².